The fraction of sp³-hybridized carbons (Fsp3) is 0.909. The van der Waals surface area contributed by atoms with Crippen molar-refractivity contribution in [1.82, 2.24) is 4.90 Å². The SMILES string of the molecule is CCC(C(=N)N)N1C2CCC1CC(O)C2. The van der Waals surface area contributed by atoms with Crippen molar-refractivity contribution in [3.63, 3.8) is 0 Å². The smallest absolute Gasteiger partial charge is 0.108 e. The number of hydrogen-bond donors (Lipinski definition) is 3. The number of nitrogens with two attached hydrogens (primary N) is 1. The molecule has 0 radical (unpaired) electrons. The number of hydrogen-bond acceptors (Lipinski definition) is 3. The largest absolute Gasteiger partial charge is 0.393 e. The van der Waals surface area contributed by atoms with E-state index in [2.05, 4.69) is 11.8 Å². The normalized spacial score (nSPS) is 37.9. The highest BCUT2D eigenvalue weighted by atomic mass is 16.3. The average molecular weight is 211 g/mol. The van der Waals surface area contributed by atoms with Crippen LogP contribution >= 0.6 is 0 Å². The van der Waals surface area contributed by atoms with Crippen molar-refractivity contribution in [2.45, 2.75) is 63.3 Å². The van der Waals surface area contributed by atoms with Gasteiger partial charge in [0.2, 0.25) is 0 Å². The molecule has 0 spiro atoms. The van der Waals surface area contributed by atoms with E-state index in [-0.39, 0.29) is 18.0 Å². The Labute approximate surface area is 91.0 Å². The van der Waals surface area contributed by atoms with Crippen LogP contribution < -0.4 is 5.73 Å². The molecule has 15 heavy (non-hydrogen) atoms. The third-order valence-corrected chi connectivity index (χ3v) is 3.87. The van der Waals surface area contributed by atoms with Crippen molar-refractivity contribution in [3.8, 4) is 0 Å². The van der Waals surface area contributed by atoms with Gasteiger partial charge in [-0.25, -0.2) is 0 Å². The Morgan fingerprint density at radius 3 is 2.40 bits per heavy atom. The summed E-state index contributed by atoms with van der Waals surface area (Å²) in [4.78, 5) is 2.38. The summed E-state index contributed by atoms with van der Waals surface area (Å²) < 4.78 is 0. The molecule has 0 aromatic carbocycles. The van der Waals surface area contributed by atoms with Crippen molar-refractivity contribution in [1.29, 1.82) is 5.41 Å². The van der Waals surface area contributed by atoms with Crippen LogP contribution in [0.1, 0.15) is 39.0 Å². The molecule has 3 unspecified atom stereocenters. The molecular weight excluding hydrogens is 190 g/mol. The summed E-state index contributed by atoms with van der Waals surface area (Å²) in [6.45, 7) is 2.08. The van der Waals surface area contributed by atoms with E-state index in [1.807, 2.05) is 0 Å². The van der Waals surface area contributed by atoms with E-state index < -0.39 is 0 Å². The van der Waals surface area contributed by atoms with E-state index in [1.165, 1.54) is 0 Å². The van der Waals surface area contributed by atoms with Gasteiger partial charge in [-0.15, -0.1) is 0 Å². The standard InChI is InChI=1S/C11H21N3O/c1-2-10(11(12)13)14-7-3-4-8(14)6-9(15)5-7/h7-10,15H,2-6H2,1H3,(H3,12,13). The number of aliphatic hydroxyl groups is 1. The zero-order valence-corrected chi connectivity index (χ0v) is 9.32. The zero-order valence-electron chi connectivity index (χ0n) is 9.32. The monoisotopic (exact) mass is 211 g/mol. The van der Waals surface area contributed by atoms with E-state index in [0.29, 0.717) is 12.1 Å². The molecule has 0 aromatic heterocycles. The van der Waals surface area contributed by atoms with Crippen molar-refractivity contribution in [2.24, 2.45) is 5.73 Å². The molecule has 4 heteroatoms. The summed E-state index contributed by atoms with van der Waals surface area (Å²) >= 11 is 0. The maximum atomic E-state index is 9.69. The third-order valence-electron chi connectivity index (χ3n) is 3.87. The zero-order chi connectivity index (χ0) is 11.0. The van der Waals surface area contributed by atoms with Crippen LogP contribution in [0.25, 0.3) is 0 Å². The van der Waals surface area contributed by atoms with Crippen molar-refractivity contribution >= 4 is 5.84 Å². The first-order chi connectivity index (χ1) is 7.13. The van der Waals surface area contributed by atoms with Crippen LogP contribution in [0.2, 0.25) is 0 Å². The summed E-state index contributed by atoms with van der Waals surface area (Å²) in [6, 6.07) is 0.996. The molecule has 2 saturated heterocycles. The number of nitrogens with one attached hydrogen (secondary N) is 1. The maximum absolute atomic E-state index is 9.69. The van der Waals surface area contributed by atoms with Gasteiger partial charge in [-0.1, -0.05) is 6.92 Å². The number of rotatable bonds is 3. The highest BCUT2D eigenvalue weighted by molar-refractivity contribution is 5.82. The Bertz CT molecular complexity index is 242. The summed E-state index contributed by atoms with van der Waals surface area (Å²) in [5, 5.41) is 17.3. The second-order valence-corrected chi connectivity index (χ2v) is 4.84. The summed E-state index contributed by atoms with van der Waals surface area (Å²) in [5.74, 6) is 0.283. The van der Waals surface area contributed by atoms with Crippen LogP contribution in [0.5, 0.6) is 0 Å². The highest BCUT2D eigenvalue weighted by Gasteiger charge is 2.43. The van der Waals surface area contributed by atoms with Crippen molar-refractivity contribution in [3.05, 3.63) is 0 Å². The fourth-order valence-electron chi connectivity index (χ4n) is 3.28. The fourth-order valence-corrected chi connectivity index (χ4v) is 3.28. The number of amidine groups is 1. The van der Waals surface area contributed by atoms with Crippen LogP contribution in [-0.4, -0.2) is 40.1 Å². The molecule has 3 atom stereocenters. The van der Waals surface area contributed by atoms with E-state index in [4.69, 9.17) is 11.1 Å². The first-order valence-corrected chi connectivity index (χ1v) is 5.92. The Morgan fingerprint density at radius 2 is 2.00 bits per heavy atom. The van der Waals surface area contributed by atoms with Gasteiger partial charge in [-0.2, -0.15) is 0 Å². The number of fused-ring (bicyclic) bond motifs is 2. The topological polar surface area (TPSA) is 73.3 Å². The summed E-state index contributed by atoms with van der Waals surface area (Å²) in [5.41, 5.74) is 5.64. The Hall–Kier alpha value is -0.610. The lowest BCUT2D eigenvalue weighted by Gasteiger charge is -2.41. The van der Waals surface area contributed by atoms with Crippen LogP contribution in [0.15, 0.2) is 0 Å². The molecule has 0 aromatic rings. The van der Waals surface area contributed by atoms with E-state index in [1.54, 1.807) is 0 Å². The highest BCUT2D eigenvalue weighted by Crippen LogP contribution is 2.37. The van der Waals surface area contributed by atoms with Gasteiger partial charge < -0.3 is 10.8 Å². The van der Waals surface area contributed by atoms with Gasteiger partial charge in [0.05, 0.1) is 12.1 Å². The van der Waals surface area contributed by atoms with Crippen LogP contribution in [0, 0.1) is 5.41 Å². The number of piperidine rings is 1. The second kappa shape index (κ2) is 4.10. The minimum absolute atomic E-state index is 0.0926. The molecule has 2 heterocycles. The number of nitrogens with zero attached hydrogens (tertiary/aromatic N) is 1. The quantitative estimate of drug-likeness (QED) is 0.475. The van der Waals surface area contributed by atoms with Gasteiger partial charge in [-0.05, 0) is 32.1 Å². The second-order valence-electron chi connectivity index (χ2n) is 4.84. The average Bonchev–Trinajstić information content (AvgIpc) is 2.44. The lowest BCUT2D eigenvalue weighted by molar-refractivity contribution is 0.0238. The Kier molecular flexibility index (Phi) is 2.98. The Balaban J connectivity index is 2.13. The molecule has 2 rings (SSSR count). The predicted molar refractivity (Wildman–Crippen MR) is 59.9 cm³/mol. The van der Waals surface area contributed by atoms with Gasteiger partial charge in [0.1, 0.15) is 5.84 Å². The molecule has 0 amide bonds. The maximum Gasteiger partial charge on any atom is 0.108 e. The van der Waals surface area contributed by atoms with Gasteiger partial charge in [0.25, 0.3) is 0 Å². The Morgan fingerprint density at radius 1 is 1.47 bits per heavy atom. The lowest BCUT2D eigenvalue weighted by Crippen LogP contribution is -2.54. The lowest BCUT2D eigenvalue weighted by atomic mass is 9.96. The molecule has 2 aliphatic heterocycles. The first kappa shape index (κ1) is 10.9. The molecule has 2 bridgehead atoms. The van der Waals surface area contributed by atoms with E-state index in [9.17, 15) is 5.11 Å². The van der Waals surface area contributed by atoms with Gasteiger partial charge >= 0.3 is 0 Å². The van der Waals surface area contributed by atoms with Gasteiger partial charge in [0.15, 0.2) is 0 Å². The molecule has 86 valence electrons. The molecule has 4 N–H and O–H groups in total. The third kappa shape index (κ3) is 1.88. The van der Waals surface area contributed by atoms with Crippen molar-refractivity contribution < 1.29 is 5.11 Å². The van der Waals surface area contributed by atoms with Gasteiger partial charge in [0, 0.05) is 12.1 Å². The van der Waals surface area contributed by atoms with Crippen molar-refractivity contribution in [2.75, 3.05) is 0 Å². The predicted octanol–water partition coefficient (Wildman–Crippen LogP) is 0.689. The first-order valence-electron chi connectivity index (χ1n) is 5.92. The molecule has 2 fully saturated rings. The summed E-state index contributed by atoms with van der Waals surface area (Å²) in [7, 11) is 0. The molecular formula is C11H21N3O. The molecule has 2 aliphatic rings. The molecule has 4 nitrogen and oxygen atoms in total. The van der Waals surface area contributed by atoms with Crippen LogP contribution in [0.4, 0.5) is 0 Å². The molecule has 0 aliphatic carbocycles. The minimum atomic E-state index is -0.136. The molecule has 0 saturated carbocycles. The van der Waals surface area contributed by atoms with E-state index >= 15 is 0 Å². The van der Waals surface area contributed by atoms with Crippen LogP contribution in [-0.2, 0) is 0 Å². The van der Waals surface area contributed by atoms with E-state index in [0.717, 1.165) is 32.1 Å². The summed E-state index contributed by atoms with van der Waals surface area (Å²) in [6.07, 6.45) is 4.80. The van der Waals surface area contributed by atoms with Crippen LogP contribution in [0.3, 0.4) is 0 Å². The van der Waals surface area contributed by atoms with Gasteiger partial charge in [-0.3, -0.25) is 10.3 Å². The minimum Gasteiger partial charge on any atom is -0.393 e. The number of aliphatic hydroxyl groups excluding tert-OH is 1.